The number of nitrogens with zero attached hydrogens (tertiary/aromatic N) is 1. The average Bonchev–Trinajstić information content (AvgIpc) is 3.31. The first-order valence-corrected chi connectivity index (χ1v) is 12.4. The van der Waals surface area contributed by atoms with Gasteiger partial charge in [0.05, 0.1) is 17.9 Å². The second-order valence-electron chi connectivity index (χ2n) is 10.2. The first-order chi connectivity index (χ1) is 15.6. The highest BCUT2D eigenvalue weighted by Gasteiger charge is 2.76. The molecule has 3 amide bonds. The third-order valence-corrected chi connectivity index (χ3v) is 7.53. The maximum absolute atomic E-state index is 13.7. The Morgan fingerprint density at radius 3 is 2.55 bits per heavy atom. The number of fused-ring (bicyclic) bond motifs is 1. The van der Waals surface area contributed by atoms with Crippen LogP contribution in [0.1, 0.15) is 40.0 Å². The van der Waals surface area contributed by atoms with Crippen molar-refractivity contribution < 1.29 is 24.2 Å². The fourth-order valence-electron chi connectivity index (χ4n) is 5.55. The minimum absolute atomic E-state index is 0.0135. The lowest BCUT2D eigenvalue weighted by molar-refractivity contribution is -0.142. The number of aliphatic hydroxyl groups excluding tert-OH is 1. The molecule has 9 heteroatoms. The van der Waals surface area contributed by atoms with Crippen LogP contribution in [-0.4, -0.2) is 69.0 Å². The molecular formula is C24H32BrN3O5. The summed E-state index contributed by atoms with van der Waals surface area (Å²) in [7, 11) is 0. The number of likely N-dealkylation sites (tertiary alicyclic amines) is 1. The second kappa shape index (κ2) is 9.00. The SMILES string of the molecule is CC(C)(C)NC(=O)C1N(CCCCO)C(=O)[C@@H]2[C@H](C(=O)Nc3ccccc3)[C@H]3OC12CC3Br. The molecule has 3 unspecified atom stereocenters. The molecule has 3 aliphatic heterocycles. The van der Waals surface area contributed by atoms with E-state index in [1.807, 2.05) is 39.0 Å². The van der Waals surface area contributed by atoms with Crippen LogP contribution in [0.5, 0.6) is 0 Å². The summed E-state index contributed by atoms with van der Waals surface area (Å²) in [5.41, 5.74) is -0.902. The number of amides is 3. The first-order valence-electron chi connectivity index (χ1n) is 11.5. The van der Waals surface area contributed by atoms with Crippen molar-refractivity contribution in [2.75, 3.05) is 18.5 Å². The van der Waals surface area contributed by atoms with E-state index in [-0.39, 0.29) is 29.2 Å². The molecule has 0 radical (unpaired) electrons. The van der Waals surface area contributed by atoms with Crippen LogP contribution < -0.4 is 10.6 Å². The summed E-state index contributed by atoms with van der Waals surface area (Å²) in [6.45, 7) is 6.02. The Labute approximate surface area is 202 Å². The summed E-state index contributed by atoms with van der Waals surface area (Å²) in [6, 6.07) is 8.29. The molecule has 3 fully saturated rings. The Morgan fingerprint density at radius 1 is 1.21 bits per heavy atom. The van der Waals surface area contributed by atoms with Crippen LogP contribution in [0.3, 0.4) is 0 Å². The number of hydrogen-bond donors (Lipinski definition) is 3. The number of ether oxygens (including phenoxy) is 1. The number of alkyl halides is 1. The van der Waals surface area contributed by atoms with Crippen molar-refractivity contribution >= 4 is 39.3 Å². The van der Waals surface area contributed by atoms with E-state index in [0.29, 0.717) is 31.5 Å². The maximum atomic E-state index is 13.7. The molecule has 1 aromatic rings. The molecule has 3 saturated heterocycles. The zero-order valence-electron chi connectivity index (χ0n) is 19.2. The Bertz CT molecular complexity index is 920. The topological polar surface area (TPSA) is 108 Å². The van der Waals surface area contributed by atoms with Crippen molar-refractivity contribution in [3.63, 3.8) is 0 Å². The lowest BCUT2D eigenvalue weighted by Crippen LogP contribution is -2.58. The van der Waals surface area contributed by atoms with E-state index in [2.05, 4.69) is 26.6 Å². The molecule has 2 bridgehead atoms. The number of unbranched alkanes of at least 4 members (excludes halogenated alkanes) is 1. The van der Waals surface area contributed by atoms with E-state index < -0.39 is 35.1 Å². The summed E-state index contributed by atoms with van der Waals surface area (Å²) in [6.07, 6.45) is 1.07. The second-order valence-corrected chi connectivity index (χ2v) is 11.4. The van der Waals surface area contributed by atoms with Crippen LogP contribution in [0.25, 0.3) is 0 Å². The van der Waals surface area contributed by atoms with E-state index in [4.69, 9.17) is 4.74 Å². The first kappa shape index (κ1) is 24.2. The van der Waals surface area contributed by atoms with Crippen LogP contribution in [0.2, 0.25) is 0 Å². The van der Waals surface area contributed by atoms with Crippen molar-refractivity contribution in [3.05, 3.63) is 30.3 Å². The highest BCUT2D eigenvalue weighted by Crippen LogP contribution is 2.60. The van der Waals surface area contributed by atoms with Crippen LogP contribution >= 0.6 is 15.9 Å². The number of hydrogen-bond acceptors (Lipinski definition) is 5. The van der Waals surface area contributed by atoms with Crippen molar-refractivity contribution in [3.8, 4) is 0 Å². The molecule has 33 heavy (non-hydrogen) atoms. The largest absolute Gasteiger partial charge is 0.396 e. The monoisotopic (exact) mass is 521 g/mol. The van der Waals surface area contributed by atoms with Crippen molar-refractivity contribution in [2.24, 2.45) is 11.8 Å². The predicted molar refractivity (Wildman–Crippen MR) is 127 cm³/mol. The molecule has 3 aliphatic rings. The fourth-order valence-corrected chi connectivity index (χ4v) is 6.49. The third-order valence-electron chi connectivity index (χ3n) is 6.69. The zero-order chi connectivity index (χ0) is 24.0. The number of aliphatic hydroxyl groups is 1. The van der Waals surface area contributed by atoms with Crippen LogP contribution in [0.15, 0.2) is 30.3 Å². The Morgan fingerprint density at radius 2 is 1.91 bits per heavy atom. The molecule has 0 aliphatic carbocycles. The summed E-state index contributed by atoms with van der Waals surface area (Å²) < 4.78 is 6.44. The van der Waals surface area contributed by atoms with Crippen molar-refractivity contribution in [1.29, 1.82) is 0 Å². The van der Waals surface area contributed by atoms with E-state index in [1.54, 1.807) is 17.0 Å². The predicted octanol–water partition coefficient (Wildman–Crippen LogP) is 2.06. The summed E-state index contributed by atoms with van der Waals surface area (Å²) in [5, 5.41) is 15.2. The number of anilines is 1. The number of carbonyl (C=O) groups excluding carboxylic acids is 3. The van der Waals surface area contributed by atoms with Crippen molar-refractivity contribution in [2.45, 2.75) is 68.1 Å². The van der Waals surface area contributed by atoms with Gasteiger partial charge in [-0.15, -0.1) is 0 Å². The molecule has 3 heterocycles. The van der Waals surface area contributed by atoms with Gasteiger partial charge >= 0.3 is 0 Å². The Hall–Kier alpha value is -1.97. The lowest BCUT2D eigenvalue weighted by Gasteiger charge is -2.36. The molecule has 1 spiro atoms. The molecular weight excluding hydrogens is 490 g/mol. The summed E-state index contributed by atoms with van der Waals surface area (Å²) in [4.78, 5) is 42.0. The van der Waals surface area contributed by atoms with E-state index >= 15 is 0 Å². The van der Waals surface area contributed by atoms with Gasteiger partial charge in [-0.2, -0.15) is 0 Å². The summed E-state index contributed by atoms with van der Waals surface area (Å²) in [5.74, 6) is -2.21. The standard InChI is InChI=1S/C24H32BrN3O5/c1-23(2,3)27-21(31)19-24-13-15(25)18(33-24)16(20(30)26-14-9-5-4-6-10-14)17(24)22(32)28(19)11-7-8-12-29/h4-6,9-10,15-19,29H,7-8,11-13H2,1-3H3,(H,26,30)(H,27,31)/t15?,16-,17-,18-,19?,24?/m0/s1. The highest BCUT2D eigenvalue weighted by molar-refractivity contribution is 9.09. The molecule has 180 valence electrons. The molecule has 8 nitrogen and oxygen atoms in total. The minimum Gasteiger partial charge on any atom is -0.396 e. The Kier molecular flexibility index (Phi) is 6.59. The average molecular weight is 522 g/mol. The number of carbonyl (C=O) groups is 3. The number of benzene rings is 1. The molecule has 4 rings (SSSR count). The van der Waals surface area contributed by atoms with Crippen LogP contribution in [0, 0.1) is 11.8 Å². The van der Waals surface area contributed by atoms with Crippen LogP contribution in [0.4, 0.5) is 5.69 Å². The number of rotatable bonds is 7. The molecule has 3 N–H and O–H groups in total. The van der Waals surface area contributed by atoms with Gasteiger partial charge in [-0.3, -0.25) is 14.4 Å². The van der Waals surface area contributed by atoms with Gasteiger partial charge in [0.2, 0.25) is 17.7 Å². The maximum Gasteiger partial charge on any atom is 0.246 e. The number of halogens is 1. The molecule has 0 aromatic heterocycles. The van der Waals surface area contributed by atoms with Crippen LogP contribution in [-0.2, 0) is 19.1 Å². The molecule has 1 aromatic carbocycles. The van der Waals surface area contributed by atoms with Crippen molar-refractivity contribution in [1.82, 2.24) is 10.2 Å². The smallest absolute Gasteiger partial charge is 0.246 e. The van der Waals surface area contributed by atoms with Gasteiger partial charge in [-0.25, -0.2) is 0 Å². The quantitative estimate of drug-likeness (QED) is 0.376. The summed E-state index contributed by atoms with van der Waals surface area (Å²) >= 11 is 3.66. The number of nitrogens with one attached hydrogen (secondary N) is 2. The third kappa shape index (κ3) is 4.31. The van der Waals surface area contributed by atoms with E-state index in [0.717, 1.165) is 0 Å². The van der Waals surface area contributed by atoms with Gasteiger partial charge in [-0.05, 0) is 52.2 Å². The van der Waals surface area contributed by atoms with Gasteiger partial charge in [-0.1, -0.05) is 34.1 Å². The minimum atomic E-state index is -1.07. The Balaban J connectivity index is 1.68. The molecule has 6 atom stereocenters. The highest BCUT2D eigenvalue weighted by atomic mass is 79.9. The fraction of sp³-hybridized carbons (Fsp3) is 0.625. The van der Waals surface area contributed by atoms with Gasteiger partial charge in [0.1, 0.15) is 11.6 Å². The normalized spacial score (nSPS) is 32.7. The van der Waals surface area contributed by atoms with Gasteiger partial charge in [0, 0.05) is 29.2 Å². The van der Waals surface area contributed by atoms with E-state index in [1.165, 1.54) is 0 Å². The molecule has 0 saturated carbocycles. The zero-order valence-corrected chi connectivity index (χ0v) is 20.8. The van der Waals surface area contributed by atoms with Gasteiger partial charge in [0.25, 0.3) is 0 Å². The van der Waals surface area contributed by atoms with E-state index in [9.17, 15) is 19.5 Å². The van der Waals surface area contributed by atoms with Gasteiger partial charge < -0.3 is 25.4 Å². The number of para-hydroxylation sites is 1. The van der Waals surface area contributed by atoms with Gasteiger partial charge in [0.15, 0.2) is 0 Å². The lowest BCUT2D eigenvalue weighted by atomic mass is 9.70.